The smallest absolute Gasteiger partial charge is 0.150 e. The van der Waals surface area contributed by atoms with Crippen molar-refractivity contribution in [3.05, 3.63) is 23.5 Å². The molecule has 1 saturated heterocycles. The Balaban J connectivity index is 1.72. The molecule has 36 heavy (non-hydrogen) atoms. The fraction of sp³-hybridized carbons (Fsp3) is 0.821. The van der Waals surface area contributed by atoms with E-state index in [2.05, 4.69) is 35.8 Å². The van der Waals surface area contributed by atoms with Crippen molar-refractivity contribution in [1.82, 2.24) is 14.7 Å². The largest absolute Gasteiger partial charge is 0.379 e. The fourth-order valence-corrected chi connectivity index (χ4v) is 4.86. The van der Waals surface area contributed by atoms with Gasteiger partial charge in [-0.2, -0.15) is 5.10 Å². The Morgan fingerprint density at radius 1 is 1.03 bits per heavy atom. The summed E-state index contributed by atoms with van der Waals surface area (Å²) in [5.74, 6) is 0. The van der Waals surface area contributed by atoms with Crippen molar-refractivity contribution in [2.45, 2.75) is 72.1 Å². The molecule has 1 aliphatic carbocycles. The third-order valence-electron chi connectivity index (χ3n) is 7.22. The van der Waals surface area contributed by atoms with Crippen LogP contribution in [0.2, 0.25) is 0 Å². The van der Waals surface area contributed by atoms with E-state index >= 15 is 0 Å². The number of aromatic nitrogens is 2. The molecule has 2 aliphatic rings. The Morgan fingerprint density at radius 2 is 1.72 bits per heavy atom. The molecule has 1 aliphatic heterocycles. The van der Waals surface area contributed by atoms with Gasteiger partial charge in [0.25, 0.3) is 0 Å². The number of ether oxygens (including phenoxy) is 5. The van der Waals surface area contributed by atoms with Crippen LogP contribution in [0.15, 0.2) is 12.3 Å². The summed E-state index contributed by atoms with van der Waals surface area (Å²) in [6.45, 7) is 14.2. The van der Waals surface area contributed by atoms with Crippen molar-refractivity contribution >= 4 is 5.57 Å². The average Bonchev–Trinajstić information content (AvgIpc) is 3.33. The highest BCUT2D eigenvalue weighted by Crippen LogP contribution is 2.40. The van der Waals surface area contributed by atoms with Crippen molar-refractivity contribution in [2.75, 3.05) is 73.1 Å². The van der Waals surface area contributed by atoms with Crippen LogP contribution in [0.5, 0.6) is 0 Å². The van der Waals surface area contributed by atoms with Crippen LogP contribution < -0.4 is 0 Å². The van der Waals surface area contributed by atoms with Gasteiger partial charge in [0.05, 0.1) is 45.3 Å². The quantitative estimate of drug-likeness (QED) is 0.283. The lowest BCUT2D eigenvalue weighted by molar-refractivity contribution is -0.0490. The van der Waals surface area contributed by atoms with E-state index in [1.54, 1.807) is 0 Å². The highest BCUT2D eigenvalue weighted by molar-refractivity contribution is 5.66. The standard InChI is InChI=1S/C28H49N3O5/c1-5-30(4)20-25-21-31(26-10-8-9-15-36-26)29-27(25)24-11-13-28(14-12-24,22-34-18-16-32-6-2)23-35-19-17-33-7-3/h11,21,26H,5-10,12-20,22-23H2,1-4H3. The van der Waals surface area contributed by atoms with Crippen LogP contribution in [0.25, 0.3) is 5.57 Å². The van der Waals surface area contributed by atoms with E-state index in [0.717, 1.165) is 70.7 Å². The van der Waals surface area contributed by atoms with Gasteiger partial charge in [0.15, 0.2) is 0 Å². The van der Waals surface area contributed by atoms with Crippen LogP contribution in [0, 0.1) is 5.41 Å². The lowest BCUT2D eigenvalue weighted by Gasteiger charge is -2.36. The van der Waals surface area contributed by atoms with E-state index in [1.807, 2.05) is 13.8 Å². The van der Waals surface area contributed by atoms with Crippen LogP contribution in [-0.2, 0) is 30.2 Å². The topological polar surface area (TPSA) is 67.2 Å². The highest BCUT2D eigenvalue weighted by Gasteiger charge is 2.34. The molecule has 0 saturated carbocycles. The molecule has 0 radical (unpaired) electrons. The summed E-state index contributed by atoms with van der Waals surface area (Å²) in [6, 6.07) is 0. The lowest BCUT2D eigenvalue weighted by atomic mass is 9.75. The van der Waals surface area contributed by atoms with Gasteiger partial charge in [-0.3, -0.25) is 0 Å². The van der Waals surface area contributed by atoms with Crippen LogP contribution in [-0.4, -0.2) is 87.7 Å². The summed E-state index contributed by atoms with van der Waals surface area (Å²) in [5, 5.41) is 5.09. The Kier molecular flexibility index (Phi) is 12.9. The minimum absolute atomic E-state index is 0.0304. The van der Waals surface area contributed by atoms with Gasteiger partial charge >= 0.3 is 0 Å². The molecule has 0 aromatic carbocycles. The first-order chi connectivity index (χ1) is 17.6. The Morgan fingerprint density at radius 3 is 2.28 bits per heavy atom. The van der Waals surface area contributed by atoms with E-state index in [1.165, 1.54) is 17.6 Å². The van der Waals surface area contributed by atoms with Gasteiger partial charge in [-0.15, -0.1) is 0 Å². The molecule has 1 aromatic heterocycles. The molecule has 1 unspecified atom stereocenters. The van der Waals surface area contributed by atoms with Crippen LogP contribution in [0.3, 0.4) is 0 Å². The number of allylic oxidation sites excluding steroid dienone is 2. The zero-order valence-electron chi connectivity index (χ0n) is 23.1. The van der Waals surface area contributed by atoms with Gasteiger partial charge < -0.3 is 28.6 Å². The molecule has 0 amide bonds. The summed E-state index contributed by atoms with van der Waals surface area (Å²) in [5.41, 5.74) is 3.72. The molecule has 2 heterocycles. The maximum absolute atomic E-state index is 6.06. The Labute approximate surface area is 218 Å². The van der Waals surface area contributed by atoms with Crippen LogP contribution in [0.4, 0.5) is 0 Å². The van der Waals surface area contributed by atoms with Crippen molar-refractivity contribution in [2.24, 2.45) is 5.41 Å². The maximum atomic E-state index is 6.06. The molecular formula is C28H49N3O5. The summed E-state index contributed by atoms with van der Waals surface area (Å²) in [4.78, 5) is 2.33. The van der Waals surface area contributed by atoms with Crippen molar-refractivity contribution < 1.29 is 23.7 Å². The molecule has 0 bridgehead atoms. The second-order valence-electron chi connectivity index (χ2n) is 10.1. The van der Waals surface area contributed by atoms with Crippen molar-refractivity contribution in [1.29, 1.82) is 0 Å². The molecule has 8 heteroatoms. The van der Waals surface area contributed by atoms with E-state index in [4.69, 9.17) is 28.8 Å². The van der Waals surface area contributed by atoms with E-state index in [9.17, 15) is 0 Å². The monoisotopic (exact) mass is 507 g/mol. The average molecular weight is 508 g/mol. The van der Waals surface area contributed by atoms with Gasteiger partial charge in [0.1, 0.15) is 6.23 Å². The second kappa shape index (κ2) is 15.8. The summed E-state index contributed by atoms with van der Waals surface area (Å²) in [6.07, 6.45) is 10.9. The fourth-order valence-electron chi connectivity index (χ4n) is 4.86. The molecule has 0 spiro atoms. The Bertz CT molecular complexity index is 761. The van der Waals surface area contributed by atoms with Crippen molar-refractivity contribution in [3.8, 4) is 0 Å². The molecule has 206 valence electrons. The van der Waals surface area contributed by atoms with Gasteiger partial charge in [-0.05, 0) is 71.5 Å². The summed E-state index contributed by atoms with van der Waals surface area (Å²) < 4.78 is 31.1. The Hall–Kier alpha value is -1.29. The molecular weight excluding hydrogens is 458 g/mol. The van der Waals surface area contributed by atoms with Crippen molar-refractivity contribution in [3.63, 3.8) is 0 Å². The number of rotatable bonds is 17. The molecule has 1 aromatic rings. The van der Waals surface area contributed by atoms with E-state index < -0.39 is 0 Å². The minimum atomic E-state index is -0.0304. The molecule has 1 atom stereocenters. The number of hydrogen-bond acceptors (Lipinski definition) is 7. The highest BCUT2D eigenvalue weighted by atomic mass is 16.5. The third kappa shape index (κ3) is 8.92. The van der Waals surface area contributed by atoms with Gasteiger partial charge in [-0.25, -0.2) is 4.68 Å². The van der Waals surface area contributed by atoms with Gasteiger partial charge in [-0.1, -0.05) is 13.0 Å². The summed E-state index contributed by atoms with van der Waals surface area (Å²) >= 11 is 0. The normalized spacial score (nSPS) is 20.1. The van der Waals surface area contributed by atoms with Crippen LogP contribution >= 0.6 is 0 Å². The van der Waals surface area contributed by atoms with Gasteiger partial charge in [0.2, 0.25) is 0 Å². The number of hydrogen-bond donors (Lipinski definition) is 0. The maximum Gasteiger partial charge on any atom is 0.150 e. The summed E-state index contributed by atoms with van der Waals surface area (Å²) in [7, 11) is 2.16. The van der Waals surface area contributed by atoms with Crippen LogP contribution in [0.1, 0.15) is 76.8 Å². The zero-order valence-corrected chi connectivity index (χ0v) is 23.1. The molecule has 1 fully saturated rings. The first kappa shape index (κ1) is 29.3. The third-order valence-corrected chi connectivity index (χ3v) is 7.22. The van der Waals surface area contributed by atoms with E-state index in [-0.39, 0.29) is 11.6 Å². The van der Waals surface area contributed by atoms with Gasteiger partial charge in [0, 0.05) is 43.5 Å². The predicted octanol–water partition coefficient (Wildman–Crippen LogP) is 4.69. The predicted molar refractivity (Wildman–Crippen MR) is 142 cm³/mol. The minimum Gasteiger partial charge on any atom is -0.379 e. The molecule has 0 N–H and O–H groups in total. The lowest BCUT2D eigenvalue weighted by Crippen LogP contribution is -2.35. The molecule has 3 rings (SSSR count). The molecule has 8 nitrogen and oxygen atoms in total. The SMILES string of the molecule is CCOCCOCC1(COCCOCC)CC=C(c2nn(C3CCCCO3)cc2CN(C)CC)CC1. The first-order valence-corrected chi connectivity index (χ1v) is 14.0. The second-order valence-corrected chi connectivity index (χ2v) is 10.1. The van der Waals surface area contributed by atoms with E-state index in [0.29, 0.717) is 39.6 Å². The number of nitrogens with zero attached hydrogens (tertiary/aromatic N) is 3. The zero-order chi connectivity index (χ0) is 25.6. The first-order valence-electron chi connectivity index (χ1n) is 14.0.